The van der Waals surface area contributed by atoms with Gasteiger partial charge in [-0.05, 0) is 44.2 Å². The summed E-state index contributed by atoms with van der Waals surface area (Å²) in [5.74, 6) is 1.90. The Morgan fingerprint density at radius 3 is 2.66 bits per heavy atom. The van der Waals surface area contributed by atoms with Gasteiger partial charge in [0.05, 0.1) is 29.0 Å². The van der Waals surface area contributed by atoms with E-state index in [0.29, 0.717) is 40.1 Å². The van der Waals surface area contributed by atoms with Gasteiger partial charge in [0.15, 0.2) is 11.6 Å². The number of aromatic nitrogens is 5. The van der Waals surface area contributed by atoms with Crippen molar-refractivity contribution in [2.45, 2.75) is 31.9 Å². The molecule has 35 heavy (non-hydrogen) atoms. The number of aliphatic hydroxyl groups is 1. The van der Waals surface area contributed by atoms with E-state index in [1.807, 2.05) is 0 Å². The van der Waals surface area contributed by atoms with Gasteiger partial charge in [-0.1, -0.05) is 0 Å². The lowest BCUT2D eigenvalue weighted by Gasteiger charge is -2.36. The van der Waals surface area contributed by atoms with Gasteiger partial charge in [-0.3, -0.25) is 0 Å². The number of aromatic amines is 1. The number of halogens is 1. The minimum Gasteiger partial charge on any atom is -0.421 e. The Bertz CT molecular complexity index is 1430. The molecule has 1 saturated heterocycles. The second kappa shape index (κ2) is 7.72. The molecule has 1 saturated carbocycles. The molecule has 4 heterocycles. The first-order valence-corrected chi connectivity index (χ1v) is 11.6. The predicted molar refractivity (Wildman–Crippen MR) is 130 cm³/mol. The molecular formula is C24H27FN8O2. The van der Waals surface area contributed by atoms with Crippen molar-refractivity contribution < 1.29 is 14.2 Å². The number of nitrogens with two attached hydrogens (primary N) is 1. The number of rotatable bonds is 5. The molecule has 0 bridgehead atoms. The van der Waals surface area contributed by atoms with Crippen LogP contribution in [-0.4, -0.2) is 56.2 Å². The maximum atomic E-state index is 14.5. The maximum absolute atomic E-state index is 14.5. The highest BCUT2D eigenvalue weighted by atomic mass is 19.1. The van der Waals surface area contributed by atoms with E-state index in [1.165, 1.54) is 24.5 Å². The molecule has 6 rings (SSSR count). The van der Waals surface area contributed by atoms with Gasteiger partial charge in [0, 0.05) is 31.6 Å². The van der Waals surface area contributed by atoms with Crippen LogP contribution in [0.3, 0.4) is 0 Å². The number of hydrogen-bond acceptors (Lipinski definition) is 9. The van der Waals surface area contributed by atoms with Gasteiger partial charge in [0.2, 0.25) is 0 Å². The molecular weight excluding hydrogens is 451 g/mol. The highest BCUT2D eigenvalue weighted by Gasteiger charge is 2.46. The molecule has 2 aliphatic rings. The zero-order valence-corrected chi connectivity index (χ0v) is 19.7. The van der Waals surface area contributed by atoms with Crippen molar-refractivity contribution in [3.8, 4) is 11.8 Å². The second-order valence-corrected chi connectivity index (χ2v) is 9.94. The van der Waals surface area contributed by atoms with Crippen LogP contribution in [0.4, 0.5) is 15.9 Å². The first-order valence-electron chi connectivity index (χ1n) is 11.6. The molecule has 3 atom stereocenters. The molecule has 11 heteroatoms. The van der Waals surface area contributed by atoms with Gasteiger partial charge < -0.3 is 30.8 Å². The molecule has 1 aliphatic carbocycles. The topological polar surface area (TPSA) is 138 Å². The minimum atomic E-state index is -1.16. The summed E-state index contributed by atoms with van der Waals surface area (Å²) in [7, 11) is 1.75. The SMILES string of the molecule is CNc1cc(F)cc2c1[nH]c1nc(Oc3cnc(C(C)(C)O)nc3)nc(N3C[C@H]4C[C@@H](N)[C@H]4C3)c12. The number of ether oxygens (including phenoxy) is 1. The van der Waals surface area contributed by atoms with E-state index in [1.54, 1.807) is 20.9 Å². The van der Waals surface area contributed by atoms with E-state index in [0.717, 1.165) is 30.4 Å². The fourth-order valence-corrected chi connectivity index (χ4v) is 5.22. The zero-order valence-electron chi connectivity index (χ0n) is 19.7. The number of fused-ring (bicyclic) bond motifs is 4. The zero-order chi connectivity index (χ0) is 24.5. The van der Waals surface area contributed by atoms with Gasteiger partial charge in [0.1, 0.15) is 22.9 Å². The molecule has 1 aromatic carbocycles. The van der Waals surface area contributed by atoms with E-state index in [4.69, 9.17) is 15.5 Å². The van der Waals surface area contributed by atoms with E-state index in [9.17, 15) is 9.50 Å². The molecule has 10 nitrogen and oxygen atoms in total. The number of anilines is 2. The van der Waals surface area contributed by atoms with Gasteiger partial charge in [-0.15, -0.1) is 0 Å². The van der Waals surface area contributed by atoms with Gasteiger partial charge in [-0.2, -0.15) is 9.97 Å². The molecule has 5 N–H and O–H groups in total. The summed E-state index contributed by atoms with van der Waals surface area (Å²) in [5.41, 5.74) is 6.99. The second-order valence-electron chi connectivity index (χ2n) is 9.94. The minimum absolute atomic E-state index is 0.119. The van der Waals surface area contributed by atoms with Gasteiger partial charge >= 0.3 is 6.01 Å². The van der Waals surface area contributed by atoms with Gasteiger partial charge in [0.25, 0.3) is 0 Å². The van der Waals surface area contributed by atoms with Crippen LogP contribution in [0, 0.1) is 17.7 Å². The average molecular weight is 479 g/mol. The fraction of sp³-hybridized carbons (Fsp3) is 0.417. The van der Waals surface area contributed by atoms with Crippen LogP contribution in [0.15, 0.2) is 24.5 Å². The van der Waals surface area contributed by atoms with E-state index < -0.39 is 5.60 Å². The third-order valence-electron chi connectivity index (χ3n) is 7.06. The number of hydrogen-bond donors (Lipinski definition) is 4. The largest absolute Gasteiger partial charge is 0.421 e. The maximum Gasteiger partial charge on any atom is 0.326 e. The first-order chi connectivity index (χ1) is 16.7. The number of benzene rings is 1. The predicted octanol–water partition coefficient (Wildman–Crippen LogP) is 2.88. The van der Waals surface area contributed by atoms with Crippen LogP contribution < -0.4 is 20.7 Å². The molecule has 0 radical (unpaired) electrons. The van der Waals surface area contributed by atoms with Crippen LogP contribution in [0.5, 0.6) is 11.8 Å². The Kier molecular flexibility index (Phi) is 4.84. The van der Waals surface area contributed by atoms with Crippen molar-refractivity contribution in [2.75, 3.05) is 30.4 Å². The molecule has 0 spiro atoms. The molecule has 2 fully saturated rings. The van der Waals surface area contributed by atoms with Crippen molar-refractivity contribution in [3.05, 3.63) is 36.2 Å². The molecule has 4 aromatic rings. The molecule has 182 valence electrons. The molecule has 3 aromatic heterocycles. The van der Waals surface area contributed by atoms with Crippen LogP contribution in [0.1, 0.15) is 26.1 Å². The summed E-state index contributed by atoms with van der Waals surface area (Å²) >= 11 is 0. The van der Waals surface area contributed by atoms with Crippen molar-refractivity contribution in [3.63, 3.8) is 0 Å². The summed E-state index contributed by atoms with van der Waals surface area (Å²) in [6.07, 6.45) is 3.95. The number of nitrogens with one attached hydrogen (secondary N) is 2. The van der Waals surface area contributed by atoms with Crippen molar-refractivity contribution >= 4 is 33.4 Å². The lowest BCUT2D eigenvalue weighted by atomic mass is 9.72. The summed E-state index contributed by atoms with van der Waals surface area (Å²) in [5, 5.41) is 14.6. The Labute approximate surface area is 200 Å². The number of nitrogens with zero attached hydrogens (tertiary/aromatic N) is 5. The standard InChI is InChI=1S/C24H27FN8O2/c1-24(2,34)22-28-7-13(8-29-22)35-23-31-20-18(14-5-12(25)6-17(27-3)19(14)30-20)21(32-23)33-9-11-4-16(26)15(11)10-33/h5-8,11,15-16,27,34H,4,9-10,26H2,1-3H3,(H,30,31,32)/t11-,15+,16-/m1/s1. The quantitative estimate of drug-likeness (QED) is 0.341. The highest BCUT2D eigenvalue weighted by molar-refractivity contribution is 6.14. The van der Waals surface area contributed by atoms with Crippen LogP contribution in [0.25, 0.3) is 21.9 Å². The highest BCUT2D eigenvalue weighted by Crippen LogP contribution is 2.44. The Morgan fingerprint density at radius 1 is 1.23 bits per heavy atom. The smallest absolute Gasteiger partial charge is 0.326 e. The Hall–Kier alpha value is -3.57. The lowest BCUT2D eigenvalue weighted by molar-refractivity contribution is 0.0685. The van der Waals surface area contributed by atoms with E-state index in [-0.39, 0.29) is 23.7 Å². The first kappa shape index (κ1) is 21.9. The third-order valence-corrected chi connectivity index (χ3v) is 7.06. The van der Waals surface area contributed by atoms with Crippen LogP contribution in [0.2, 0.25) is 0 Å². The summed E-state index contributed by atoms with van der Waals surface area (Å²) < 4.78 is 20.4. The summed E-state index contributed by atoms with van der Waals surface area (Å²) in [6.45, 7) is 4.83. The summed E-state index contributed by atoms with van der Waals surface area (Å²) in [4.78, 5) is 23.2. The number of H-pyrrole nitrogens is 1. The Balaban J connectivity index is 1.47. The van der Waals surface area contributed by atoms with E-state index in [2.05, 4.69) is 30.2 Å². The van der Waals surface area contributed by atoms with Crippen molar-refractivity contribution in [1.82, 2.24) is 24.9 Å². The van der Waals surface area contributed by atoms with Crippen LogP contribution >= 0.6 is 0 Å². The molecule has 0 amide bonds. The molecule has 0 unspecified atom stereocenters. The van der Waals surface area contributed by atoms with Crippen molar-refractivity contribution in [1.29, 1.82) is 0 Å². The third kappa shape index (κ3) is 3.62. The van der Waals surface area contributed by atoms with E-state index >= 15 is 0 Å². The molecule has 1 aliphatic heterocycles. The van der Waals surface area contributed by atoms with Gasteiger partial charge in [-0.25, -0.2) is 14.4 Å². The fourth-order valence-electron chi connectivity index (χ4n) is 5.22. The van der Waals surface area contributed by atoms with Crippen molar-refractivity contribution in [2.24, 2.45) is 17.6 Å². The Morgan fingerprint density at radius 2 is 2.00 bits per heavy atom. The van der Waals surface area contributed by atoms with Crippen LogP contribution in [-0.2, 0) is 5.60 Å². The monoisotopic (exact) mass is 478 g/mol. The average Bonchev–Trinajstić information content (AvgIpc) is 3.35. The lowest BCUT2D eigenvalue weighted by Crippen LogP contribution is -2.46. The summed E-state index contributed by atoms with van der Waals surface area (Å²) in [6, 6.07) is 3.26. The normalized spacial score (nSPS) is 21.9.